The third-order valence-corrected chi connectivity index (χ3v) is 5.80. The number of thiophene rings is 1. The molecular formula is C20H21ClN4O4S. The average Bonchev–Trinajstić information content (AvgIpc) is 3.20. The van der Waals surface area contributed by atoms with E-state index in [2.05, 4.69) is 20.9 Å². The lowest BCUT2D eigenvalue weighted by Gasteiger charge is -2.15. The van der Waals surface area contributed by atoms with Crippen LogP contribution < -0.4 is 16.0 Å². The number of aromatic hydroxyl groups is 2. The number of carbonyl (C=O) groups excluding carboxylic acids is 2. The van der Waals surface area contributed by atoms with Crippen LogP contribution in [0.3, 0.4) is 0 Å². The Morgan fingerprint density at radius 2 is 1.70 bits per heavy atom. The molecule has 6 N–H and O–H groups in total. The number of halogens is 1. The minimum absolute atomic E-state index is 0.0255. The van der Waals surface area contributed by atoms with Crippen molar-refractivity contribution in [1.82, 2.24) is 4.98 Å². The number of aromatic amines is 1. The first-order valence-corrected chi connectivity index (χ1v) is 10.1. The van der Waals surface area contributed by atoms with Crippen LogP contribution in [0.2, 0.25) is 5.02 Å². The molecule has 0 saturated carbocycles. The lowest BCUT2D eigenvalue weighted by Crippen LogP contribution is -2.21. The van der Waals surface area contributed by atoms with Crippen molar-refractivity contribution < 1.29 is 19.8 Å². The van der Waals surface area contributed by atoms with Crippen molar-refractivity contribution in [2.75, 3.05) is 16.0 Å². The Hall–Kier alpha value is -3.17. The number of rotatable bonds is 4. The van der Waals surface area contributed by atoms with Gasteiger partial charge >= 0.3 is 6.03 Å². The van der Waals surface area contributed by atoms with Gasteiger partial charge in [0.05, 0.1) is 5.56 Å². The first-order valence-electron chi connectivity index (χ1n) is 8.93. The lowest BCUT2D eigenvalue weighted by molar-refractivity contribution is 0.102. The first kappa shape index (κ1) is 21.5. The molecule has 0 fully saturated rings. The standard InChI is InChI=1S/C20H21ClN4O4S/c1-20(2,3)14-8-12(16(27)23-13-9-15(26)24-17(13)28)18(30-14)25-19(29)22-11-6-4-10(21)5-7-11/h4-9,24,26,28H,1-3H3,(H,23,27)(H2,22,25,29). The van der Waals surface area contributed by atoms with Crippen LogP contribution in [0.5, 0.6) is 11.8 Å². The van der Waals surface area contributed by atoms with Crippen molar-refractivity contribution in [1.29, 1.82) is 0 Å². The highest BCUT2D eigenvalue weighted by Crippen LogP contribution is 2.37. The van der Waals surface area contributed by atoms with Crippen molar-refractivity contribution in [2.45, 2.75) is 26.2 Å². The van der Waals surface area contributed by atoms with Gasteiger partial charge in [0.2, 0.25) is 5.88 Å². The van der Waals surface area contributed by atoms with E-state index >= 15 is 0 Å². The van der Waals surface area contributed by atoms with Gasteiger partial charge in [0.1, 0.15) is 10.7 Å². The summed E-state index contributed by atoms with van der Waals surface area (Å²) in [6, 6.07) is 8.98. The lowest BCUT2D eigenvalue weighted by atomic mass is 9.94. The molecule has 3 amide bonds. The summed E-state index contributed by atoms with van der Waals surface area (Å²) in [5.74, 6) is -1.20. The van der Waals surface area contributed by atoms with Crippen LogP contribution in [-0.2, 0) is 5.41 Å². The summed E-state index contributed by atoms with van der Waals surface area (Å²) in [7, 11) is 0. The van der Waals surface area contributed by atoms with Gasteiger partial charge in [-0.15, -0.1) is 11.3 Å². The number of nitrogens with one attached hydrogen (secondary N) is 4. The zero-order valence-electron chi connectivity index (χ0n) is 16.5. The predicted octanol–water partition coefficient (Wildman–Crippen LogP) is 5.33. The molecular weight excluding hydrogens is 428 g/mol. The van der Waals surface area contributed by atoms with Crippen LogP contribution in [-0.4, -0.2) is 27.1 Å². The number of hydrogen-bond acceptors (Lipinski definition) is 5. The molecule has 158 valence electrons. The monoisotopic (exact) mass is 448 g/mol. The topological polar surface area (TPSA) is 126 Å². The molecule has 0 unspecified atom stereocenters. The number of benzene rings is 1. The summed E-state index contributed by atoms with van der Waals surface area (Å²) in [5.41, 5.74) is 0.554. The van der Waals surface area contributed by atoms with Crippen molar-refractivity contribution in [3.05, 3.63) is 51.9 Å². The molecule has 0 spiro atoms. The van der Waals surface area contributed by atoms with Gasteiger partial charge in [-0.2, -0.15) is 0 Å². The Balaban J connectivity index is 1.84. The Kier molecular flexibility index (Phi) is 5.95. The number of anilines is 3. The third-order valence-electron chi connectivity index (χ3n) is 4.08. The second-order valence-corrected chi connectivity index (χ2v) is 9.05. The van der Waals surface area contributed by atoms with Crippen molar-refractivity contribution in [3.63, 3.8) is 0 Å². The zero-order valence-corrected chi connectivity index (χ0v) is 18.0. The van der Waals surface area contributed by atoms with Gasteiger partial charge in [0.15, 0.2) is 5.88 Å². The second kappa shape index (κ2) is 8.29. The van der Waals surface area contributed by atoms with Gasteiger partial charge < -0.3 is 20.8 Å². The van der Waals surface area contributed by atoms with Crippen LogP contribution in [0.1, 0.15) is 36.0 Å². The Bertz CT molecular complexity index is 1080. The number of H-pyrrole nitrogens is 1. The maximum Gasteiger partial charge on any atom is 0.324 e. The molecule has 2 heterocycles. The van der Waals surface area contributed by atoms with E-state index in [1.54, 1.807) is 30.3 Å². The van der Waals surface area contributed by atoms with E-state index in [1.807, 2.05) is 20.8 Å². The molecule has 3 aromatic rings. The highest BCUT2D eigenvalue weighted by atomic mass is 35.5. The van der Waals surface area contributed by atoms with Gasteiger partial charge in [-0.05, 0) is 35.7 Å². The van der Waals surface area contributed by atoms with Crippen molar-refractivity contribution in [3.8, 4) is 11.8 Å². The fraction of sp³-hybridized carbons (Fsp3) is 0.200. The van der Waals surface area contributed by atoms with Crippen molar-refractivity contribution >= 4 is 51.3 Å². The molecule has 0 bridgehead atoms. The van der Waals surface area contributed by atoms with Crippen LogP contribution in [0.4, 0.5) is 21.2 Å². The Labute approximate surface area is 181 Å². The van der Waals surface area contributed by atoms with E-state index in [0.717, 1.165) is 4.88 Å². The van der Waals surface area contributed by atoms with Gasteiger partial charge in [-0.3, -0.25) is 15.1 Å². The molecule has 30 heavy (non-hydrogen) atoms. The molecule has 0 aliphatic heterocycles. The summed E-state index contributed by atoms with van der Waals surface area (Å²) in [6.45, 7) is 5.98. The Morgan fingerprint density at radius 1 is 1.03 bits per heavy atom. The van der Waals surface area contributed by atoms with E-state index in [9.17, 15) is 19.8 Å². The first-order chi connectivity index (χ1) is 14.0. The van der Waals surface area contributed by atoms with E-state index < -0.39 is 11.9 Å². The summed E-state index contributed by atoms with van der Waals surface area (Å²) in [4.78, 5) is 28.4. The largest absolute Gasteiger partial charge is 0.494 e. The molecule has 10 heteroatoms. The molecule has 0 radical (unpaired) electrons. The maximum atomic E-state index is 12.8. The second-order valence-electron chi connectivity index (χ2n) is 7.56. The van der Waals surface area contributed by atoms with E-state index in [0.29, 0.717) is 15.7 Å². The molecule has 1 aromatic carbocycles. The number of aromatic nitrogens is 1. The van der Waals surface area contributed by atoms with E-state index in [-0.39, 0.29) is 28.4 Å². The molecule has 0 aliphatic rings. The number of carbonyl (C=O) groups is 2. The maximum absolute atomic E-state index is 12.8. The summed E-state index contributed by atoms with van der Waals surface area (Å²) < 4.78 is 0. The van der Waals surface area contributed by atoms with Crippen LogP contribution in [0.25, 0.3) is 0 Å². The average molecular weight is 449 g/mol. The fourth-order valence-corrected chi connectivity index (χ4v) is 3.77. The van der Waals surface area contributed by atoms with Gasteiger partial charge in [-0.1, -0.05) is 32.4 Å². The molecule has 2 aromatic heterocycles. The quantitative estimate of drug-likeness (QED) is 0.322. The normalized spacial score (nSPS) is 11.2. The number of amides is 3. The van der Waals surface area contributed by atoms with E-state index in [4.69, 9.17) is 11.6 Å². The molecule has 0 aliphatic carbocycles. The van der Waals surface area contributed by atoms with Gasteiger partial charge in [0.25, 0.3) is 5.91 Å². The zero-order chi connectivity index (χ0) is 22.1. The minimum Gasteiger partial charge on any atom is -0.494 e. The summed E-state index contributed by atoms with van der Waals surface area (Å²) >= 11 is 7.13. The summed E-state index contributed by atoms with van der Waals surface area (Å²) in [5, 5.41) is 28.0. The predicted molar refractivity (Wildman–Crippen MR) is 119 cm³/mol. The van der Waals surface area contributed by atoms with Crippen LogP contribution >= 0.6 is 22.9 Å². The van der Waals surface area contributed by atoms with Gasteiger partial charge in [0, 0.05) is 21.7 Å². The fourth-order valence-electron chi connectivity index (χ4n) is 2.54. The van der Waals surface area contributed by atoms with Gasteiger partial charge in [-0.25, -0.2) is 4.79 Å². The smallest absolute Gasteiger partial charge is 0.324 e. The van der Waals surface area contributed by atoms with Crippen molar-refractivity contribution in [2.24, 2.45) is 0 Å². The Morgan fingerprint density at radius 3 is 2.27 bits per heavy atom. The summed E-state index contributed by atoms with van der Waals surface area (Å²) in [6.07, 6.45) is 0. The van der Waals surface area contributed by atoms with E-state index in [1.165, 1.54) is 17.4 Å². The molecule has 0 atom stereocenters. The highest BCUT2D eigenvalue weighted by molar-refractivity contribution is 7.17. The highest BCUT2D eigenvalue weighted by Gasteiger charge is 2.25. The third kappa shape index (κ3) is 5.05. The number of urea groups is 1. The number of hydrogen-bond donors (Lipinski definition) is 6. The molecule has 0 saturated heterocycles. The molecule has 8 nitrogen and oxygen atoms in total. The van der Waals surface area contributed by atoms with Crippen LogP contribution in [0, 0.1) is 0 Å². The van der Waals surface area contributed by atoms with Crippen LogP contribution in [0.15, 0.2) is 36.4 Å². The SMILES string of the molecule is CC(C)(C)c1cc(C(=O)Nc2cc(O)[nH]c2O)c(NC(=O)Nc2ccc(Cl)cc2)s1. The molecule has 3 rings (SSSR count). The minimum atomic E-state index is -0.544.